The number of aryl methyl sites for hydroxylation is 1. The standard InChI is InChI=1S/C13H23N3O/c1-14-12(13-9-15-10-16(13)2)7-3-5-11-6-4-8-17-11/h9-12,14H,3-8H2,1-2H3. The minimum Gasteiger partial charge on any atom is -0.378 e. The SMILES string of the molecule is CNC(CCCC1CCCO1)c1cncn1C. The van der Waals surface area contributed by atoms with E-state index >= 15 is 0 Å². The van der Waals surface area contributed by atoms with Gasteiger partial charge in [0.15, 0.2) is 0 Å². The van der Waals surface area contributed by atoms with Crippen LogP contribution in [-0.2, 0) is 11.8 Å². The van der Waals surface area contributed by atoms with Crippen LogP contribution in [0.3, 0.4) is 0 Å². The average molecular weight is 237 g/mol. The van der Waals surface area contributed by atoms with E-state index in [1.807, 2.05) is 26.6 Å². The number of aromatic nitrogens is 2. The molecule has 0 aliphatic carbocycles. The van der Waals surface area contributed by atoms with Crippen molar-refractivity contribution in [3.05, 3.63) is 18.2 Å². The average Bonchev–Trinajstić information content (AvgIpc) is 2.96. The summed E-state index contributed by atoms with van der Waals surface area (Å²) >= 11 is 0. The first-order chi connectivity index (χ1) is 8.31. The molecule has 1 aromatic rings. The Kier molecular flexibility index (Phi) is 4.57. The molecule has 0 spiro atoms. The molecule has 0 saturated carbocycles. The van der Waals surface area contributed by atoms with Gasteiger partial charge in [-0.15, -0.1) is 0 Å². The molecule has 4 nitrogen and oxygen atoms in total. The van der Waals surface area contributed by atoms with Gasteiger partial charge in [-0.3, -0.25) is 0 Å². The largest absolute Gasteiger partial charge is 0.378 e. The number of imidazole rings is 1. The van der Waals surface area contributed by atoms with E-state index in [4.69, 9.17) is 4.74 Å². The van der Waals surface area contributed by atoms with Crippen LogP contribution in [0.1, 0.15) is 43.8 Å². The fourth-order valence-corrected chi connectivity index (χ4v) is 2.56. The van der Waals surface area contributed by atoms with Gasteiger partial charge >= 0.3 is 0 Å². The molecule has 0 amide bonds. The number of nitrogens with one attached hydrogen (secondary N) is 1. The van der Waals surface area contributed by atoms with Crippen molar-refractivity contribution in [2.75, 3.05) is 13.7 Å². The van der Waals surface area contributed by atoms with Crippen LogP contribution in [0, 0.1) is 0 Å². The zero-order chi connectivity index (χ0) is 12.1. The van der Waals surface area contributed by atoms with Gasteiger partial charge in [-0.05, 0) is 39.2 Å². The molecule has 0 radical (unpaired) electrons. The highest BCUT2D eigenvalue weighted by Crippen LogP contribution is 2.22. The lowest BCUT2D eigenvalue weighted by atomic mass is 10.0. The minimum absolute atomic E-state index is 0.406. The second-order valence-electron chi connectivity index (χ2n) is 4.84. The highest BCUT2D eigenvalue weighted by molar-refractivity contribution is 5.04. The maximum atomic E-state index is 5.64. The highest BCUT2D eigenvalue weighted by atomic mass is 16.5. The van der Waals surface area contributed by atoms with Gasteiger partial charge in [0, 0.05) is 25.9 Å². The number of nitrogens with zero attached hydrogens (tertiary/aromatic N) is 2. The van der Waals surface area contributed by atoms with E-state index in [1.54, 1.807) is 0 Å². The Hall–Kier alpha value is -0.870. The van der Waals surface area contributed by atoms with E-state index in [2.05, 4.69) is 14.9 Å². The molecule has 1 fully saturated rings. The van der Waals surface area contributed by atoms with Crippen molar-refractivity contribution in [1.29, 1.82) is 0 Å². The van der Waals surface area contributed by atoms with Crippen molar-refractivity contribution in [2.45, 2.75) is 44.2 Å². The summed E-state index contributed by atoms with van der Waals surface area (Å²) in [5.74, 6) is 0. The Morgan fingerprint density at radius 2 is 2.53 bits per heavy atom. The van der Waals surface area contributed by atoms with Gasteiger partial charge in [-0.25, -0.2) is 4.98 Å². The Balaban J connectivity index is 1.77. The number of ether oxygens (including phenoxy) is 1. The summed E-state index contributed by atoms with van der Waals surface area (Å²) in [6, 6.07) is 0.406. The Bertz CT molecular complexity index is 331. The van der Waals surface area contributed by atoms with Crippen LogP contribution in [0.2, 0.25) is 0 Å². The third kappa shape index (κ3) is 3.30. The molecular formula is C13H23N3O. The highest BCUT2D eigenvalue weighted by Gasteiger charge is 2.17. The van der Waals surface area contributed by atoms with Crippen molar-refractivity contribution in [3.8, 4) is 0 Å². The molecule has 1 N–H and O–H groups in total. The lowest BCUT2D eigenvalue weighted by molar-refractivity contribution is 0.101. The number of rotatable bonds is 6. The van der Waals surface area contributed by atoms with Gasteiger partial charge in [-0.1, -0.05) is 0 Å². The van der Waals surface area contributed by atoms with Crippen LogP contribution in [0.15, 0.2) is 12.5 Å². The van der Waals surface area contributed by atoms with E-state index in [9.17, 15) is 0 Å². The second-order valence-corrected chi connectivity index (χ2v) is 4.84. The number of hydrogen-bond donors (Lipinski definition) is 1. The van der Waals surface area contributed by atoms with E-state index in [-0.39, 0.29) is 0 Å². The van der Waals surface area contributed by atoms with E-state index in [0.29, 0.717) is 12.1 Å². The molecular weight excluding hydrogens is 214 g/mol. The Morgan fingerprint density at radius 3 is 3.12 bits per heavy atom. The first kappa shape index (κ1) is 12.6. The molecule has 2 heterocycles. The first-order valence-corrected chi connectivity index (χ1v) is 6.56. The van der Waals surface area contributed by atoms with Crippen LogP contribution in [0.25, 0.3) is 0 Å². The maximum absolute atomic E-state index is 5.64. The number of hydrogen-bond acceptors (Lipinski definition) is 3. The molecule has 1 aliphatic rings. The predicted octanol–water partition coefficient (Wildman–Crippen LogP) is 2.03. The summed E-state index contributed by atoms with van der Waals surface area (Å²) in [7, 11) is 4.07. The van der Waals surface area contributed by atoms with Gasteiger partial charge in [0.25, 0.3) is 0 Å². The lowest BCUT2D eigenvalue weighted by Gasteiger charge is -2.17. The quantitative estimate of drug-likeness (QED) is 0.823. The zero-order valence-electron chi connectivity index (χ0n) is 10.9. The summed E-state index contributed by atoms with van der Waals surface area (Å²) in [5.41, 5.74) is 1.26. The van der Waals surface area contributed by atoms with E-state index < -0.39 is 0 Å². The molecule has 0 bridgehead atoms. The van der Waals surface area contributed by atoms with Crippen LogP contribution in [0.5, 0.6) is 0 Å². The van der Waals surface area contributed by atoms with Crippen molar-refractivity contribution < 1.29 is 4.74 Å². The minimum atomic E-state index is 0.406. The molecule has 2 unspecified atom stereocenters. The van der Waals surface area contributed by atoms with E-state index in [1.165, 1.54) is 31.4 Å². The van der Waals surface area contributed by atoms with Gasteiger partial charge in [-0.2, -0.15) is 0 Å². The molecule has 1 aromatic heterocycles. The van der Waals surface area contributed by atoms with Crippen LogP contribution in [-0.4, -0.2) is 29.3 Å². The summed E-state index contributed by atoms with van der Waals surface area (Å²) < 4.78 is 7.74. The predicted molar refractivity (Wildman–Crippen MR) is 67.8 cm³/mol. The fraction of sp³-hybridized carbons (Fsp3) is 0.769. The summed E-state index contributed by atoms with van der Waals surface area (Å²) in [6.45, 7) is 0.960. The monoisotopic (exact) mass is 237 g/mol. The Labute approximate surface area is 103 Å². The molecule has 1 aliphatic heterocycles. The Morgan fingerprint density at radius 1 is 1.65 bits per heavy atom. The summed E-state index contributed by atoms with van der Waals surface area (Å²) in [4.78, 5) is 4.17. The topological polar surface area (TPSA) is 39.1 Å². The maximum Gasteiger partial charge on any atom is 0.0946 e. The molecule has 0 aromatic carbocycles. The molecule has 17 heavy (non-hydrogen) atoms. The summed E-state index contributed by atoms with van der Waals surface area (Å²) in [5, 5.41) is 3.37. The van der Waals surface area contributed by atoms with Crippen LogP contribution in [0.4, 0.5) is 0 Å². The third-order valence-electron chi connectivity index (χ3n) is 3.60. The van der Waals surface area contributed by atoms with Gasteiger partial charge < -0.3 is 14.6 Å². The van der Waals surface area contributed by atoms with Crippen LogP contribution < -0.4 is 5.32 Å². The molecule has 2 rings (SSSR count). The van der Waals surface area contributed by atoms with Crippen LogP contribution >= 0.6 is 0 Å². The second kappa shape index (κ2) is 6.17. The van der Waals surface area contributed by atoms with Gasteiger partial charge in [0.2, 0.25) is 0 Å². The molecule has 2 atom stereocenters. The fourth-order valence-electron chi connectivity index (χ4n) is 2.56. The van der Waals surface area contributed by atoms with Crippen molar-refractivity contribution >= 4 is 0 Å². The van der Waals surface area contributed by atoms with E-state index in [0.717, 1.165) is 13.0 Å². The smallest absolute Gasteiger partial charge is 0.0946 e. The van der Waals surface area contributed by atoms with Crippen molar-refractivity contribution in [2.24, 2.45) is 7.05 Å². The zero-order valence-corrected chi connectivity index (χ0v) is 10.9. The van der Waals surface area contributed by atoms with Crippen molar-refractivity contribution in [1.82, 2.24) is 14.9 Å². The summed E-state index contributed by atoms with van der Waals surface area (Å²) in [6.07, 6.45) is 10.4. The molecule has 1 saturated heterocycles. The lowest BCUT2D eigenvalue weighted by Crippen LogP contribution is -2.19. The van der Waals surface area contributed by atoms with Gasteiger partial charge in [0.05, 0.1) is 18.1 Å². The molecule has 96 valence electrons. The van der Waals surface area contributed by atoms with Crippen molar-refractivity contribution in [3.63, 3.8) is 0 Å². The van der Waals surface area contributed by atoms with Gasteiger partial charge in [0.1, 0.15) is 0 Å². The third-order valence-corrected chi connectivity index (χ3v) is 3.60. The molecule has 4 heteroatoms. The normalized spacial score (nSPS) is 21.9. The first-order valence-electron chi connectivity index (χ1n) is 6.56.